The number of tetrazole rings is 1. The van der Waals surface area contributed by atoms with E-state index in [-0.39, 0.29) is 24.3 Å². The molecule has 1 aliphatic rings. The Morgan fingerprint density at radius 3 is 2.33 bits per heavy atom. The molecule has 1 saturated heterocycles. The van der Waals surface area contributed by atoms with Gasteiger partial charge in [0.1, 0.15) is 12.9 Å². The van der Waals surface area contributed by atoms with Crippen LogP contribution in [0.4, 0.5) is 0 Å². The highest BCUT2D eigenvalue weighted by Crippen LogP contribution is 2.08. The van der Waals surface area contributed by atoms with Crippen LogP contribution in [0.5, 0.6) is 0 Å². The van der Waals surface area contributed by atoms with E-state index in [0.29, 0.717) is 26.2 Å². The fraction of sp³-hybridized carbons (Fsp3) is 0.750. The van der Waals surface area contributed by atoms with E-state index in [1.54, 1.807) is 9.80 Å². The number of aromatic nitrogens is 4. The molecule has 0 bridgehead atoms. The highest BCUT2D eigenvalue weighted by molar-refractivity contribution is 5.82. The number of hydrogen-bond donors (Lipinski definition) is 1. The van der Waals surface area contributed by atoms with Gasteiger partial charge in [-0.05, 0) is 16.3 Å². The fourth-order valence-corrected chi connectivity index (χ4v) is 2.16. The molecule has 9 nitrogen and oxygen atoms in total. The molecular weight excluding hydrogens is 274 g/mol. The van der Waals surface area contributed by atoms with Crippen molar-refractivity contribution >= 4 is 11.8 Å². The fourth-order valence-electron chi connectivity index (χ4n) is 2.16. The monoisotopic (exact) mass is 295 g/mol. The Morgan fingerprint density at radius 2 is 1.81 bits per heavy atom. The van der Waals surface area contributed by atoms with Crippen molar-refractivity contribution in [1.29, 1.82) is 0 Å². The molecule has 0 aromatic carbocycles. The first-order valence-corrected chi connectivity index (χ1v) is 7.02. The standard InChI is InChI=1S/C12H21N7O2/c1-9(2)11(13)12(21)18-5-3-17(4-6-18)10(20)7-19-8-14-15-16-19/h8-9,11H,3-7,13H2,1-2H3/t11-/m0/s1. The molecule has 2 N–H and O–H groups in total. The summed E-state index contributed by atoms with van der Waals surface area (Å²) in [6.45, 7) is 6.02. The van der Waals surface area contributed by atoms with E-state index in [1.807, 2.05) is 13.8 Å². The Balaban J connectivity index is 1.83. The lowest BCUT2D eigenvalue weighted by Crippen LogP contribution is -2.55. The van der Waals surface area contributed by atoms with Crippen molar-refractivity contribution in [2.24, 2.45) is 11.7 Å². The lowest BCUT2D eigenvalue weighted by Gasteiger charge is -2.36. The van der Waals surface area contributed by atoms with Gasteiger partial charge in [-0.15, -0.1) is 5.10 Å². The number of carbonyl (C=O) groups excluding carboxylic acids is 2. The van der Waals surface area contributed by atoms with Crippen molar-refractivity contribution in [3.05, 3.63) is 6.33 Å². The van der Waals surface area contributed by atoms with E-state index in [4.69, 9.17) is 5.73 Å². The van der Waals surface area contributed by atoms with Crippen LogP contribution in [-0.4, -0.2) is 74.0 Å². The number of carbonyl (C=O) groups is 2. The molecule has 2 amide bonds. The number of hydrogen-bond acceptors (Lipinski definition) is 6. The number of rotatable bonds is 4. The zero-order valence-corrected chi connectivity index (χ0v) is 12.3. The van der Waals surface area contributed by atoms with Gasteiger partial charge in [0.25, 0.3) is 0 Å². The summed E-state index contributed by atoms with van der Waals surface area (Å²) >= 11 is 0. The quantitative estimate of drug-likeness (QED) is 0.711. The Kier molecular flexibility index (Phi) is 4.84. The zero-order valence-electron chi connectivity index (χ0n) is 12.3. The third-order valence-corrected chi connectivity index (χ3v) is 3.64. The molecule has 0 saturated carbocycles. The molecule has 2 heterocycles. The van der Waals surface area contributed by atoms with Crippen molar-refractivity contribution in [2.45, 2.75) is 26.4 Å². The maximum absolute atomic E-state index is 12.1. The lowest BCUT2D eigenvalue weighted by molar-refractivity contribution is -0.141. The van der Waals surface area contributed by atoms with Crippen LogP contribution < -0.4 is 5.73 Å². The minimum absolute atomic E-state index is 0.0439. The number of piperazine rings is 1. The van der Waals surface area contributed by atoms with Gasteiger partial charge < -0.3 is 15.5 Å². The van der Waals surface area contributed by atoms with Gasteiger partial charge in [0.2, 0.25) is 11.8 Å². The maximum Gasteiger partial charge on any atom is 0.244 e. The maximum atomic E-state index is 12.1. The summed E-state index contributed by atoms with van der Waals surface area (Å²) in [6.07, 6.45) is 1.40. The zero-order chi connectivity index (χ0) is 15.4. The van der Waals surface area contributed by atoms with Crippen LogP contribution >= 0.6 is 0 Å². The van der Waals surface area contributed by atoms with Gasteiger partial charge in [0, 0.05) is 26.2 Å². The van der Waals surface area contributed by atoms with Gasteiger partial charge >= 0.3 is 0 Å². The van der Waals surface area contributed by atoms with Crippen LogP contribution in [-0.2, 0) is 16.1 Å². The van der Waals surface area contributed by atoms with E-state index < -0.39 is 6.04 Å². The number of amides is 2. The molecular formula is C12H21N7O2. The predicted octanol–water partition coefficient (Wildman–Crippen LogP) is -1.67. The van der Waals surface area contributed by atoms with Crippen LogP contribution in [0, 0.1) is 5.92 Å². The summed E-state index contributed by atoms with van der Waals surface area (Å²) in [4.78, 5) is 27.6. The van der Waals surface area contributed by atoms with Crippen LogP contribution in [0.15, 0.2) is 6.33 Å². The van der Waals surface area contributed by atoms with Crippen molar-refractivity contribution in [3.63, 3.8) is 0 Å². The first-order chi connectivity index (χ1) is 9.99. The van der Waals surface area contributed by atoms with E-state index in [1.165, 1.54) is 11.0 Å². The van der Waals surface area contributed by atoms with E-state index >= 15 is 0 Å². The van der Waals surface area contributed by atoms with Gasteiger partial charge in [-0.25, -0.2) is 4.68 Å². The van der Waals surface area contributed by atoms with Gasteiger partial charge in [-0.1, -0.05) is 13.8 Å². The molecule has 2 rings (SSSR count). The minimum Gasteiger partial charge on any atom is -0.338 e. The van der Waals surface area contributed by atoms with Crippen LogP contribution in [0.3, 0.4) is 0 Å². The smallest absolute Gasteiger partial charge is 0.244 e. The van der Waals surface area contributed by atoms with Crippen molar-refractivity contribution in [2.75, 3.05) is 26.2 Å². The van der Waals surface area contributed by atoms with Crippen molar-refractivity contribution in [1.82, 2.24) is 30.0 Å². The number of nitrogens with two attached hydrogens (primary N) is 1. The second-order valence-corrected chi connectivity index (χ2v) is 5.48. The molecule has 0 radical (unpaired) electrons. The second kappa shape index (κ2) is 6.61. The van der Waals surface area contributed by atoms with Crippen LogP contribution in [0.1, 0.15) is 13.8 Å². The topological polar surface area (TPSA) is 110 Å². The van der Waals surface area contributed by atoms with Gasteiger partial charge in [0.05, 0.1) is 6.04 Å². The Morgan fingerprint density at radius 1 is 1.19 bits per heavy atom. The van der Waals surface area contributed by atoms with Gasteiger partial charge in [-0.2, -0.15) is 0 Å². The Bertz CT molecular complexity index is 480. The third kappa shape index (κ3) is 3.75. The minimum atomic E-state index is -0.478. The molecule has 21 heavy (non-hydrogen) atoms. The molecule has 1 aromatic rings. The van der Waals surface area contributed by atoms with Gasteiger partial charge in [0.15, 0.2) is 0 Å². The average molecular weight is 295 g/mol. The van der Waals surface area contributed by atoms with E-state index in [9.17, 15) is 9.59 Å². The molecule has 9 heteroatoms. The molecule has 0 unspecified atom stereocenters. The lowest BCUT2D eigenvalue weighted by atomic mass is 10.0. The molecule has 1 fully saturated rings. The van der Waals surface area contributed by atoms with Crippen LogP contribution in [0.25, 0.3) is 0 Å². The molecule has 1 aromatic heterocycles. The summed E-state index contributed by atoms with van der Waals surface area (Å²) in [5, 5.41) is 10.6. The normalized spacial score (nSPS) is 17.1. The average Bonchev–Trinajstić information content (AvgIpc) is 2.98. The largest absolute Gasteiger partial charge is 0.338 e. The molecule has 1 atom stereocenters. The second-order valence-electron chi connectivity index (χ2n) is 5.48. The van der Waals surface area contributed by atoms with Crippen LogP contribution in [0.2, 0.25) is 0 Å². The number of nitrogens with zero attached hydrogens (tertiary/aromatic N) is 6. The molecule has 0 spiro atoms. The first kappa shape index (κ1) is 15.4. The summed E-state index contributed by atoms with van der Waals surface area (Å²) < 4.78 is 1.38. The molecule has 116 valence electrons. The summed E-state index contributed by atoms with van der Waals surface area (Å²) in [5.74, 6) is 0.0112. The summed E-state index contributed by atoms with van der Waals surface area (Å²) in [7, 11) is 0. The SMILES string of the molecule is CC(C)[C@H](N)C(=O)N1CCN(C(=O)Cn2cnnn2)CC1. The highest BCUT2D eigenvalue weighted by Gasteiger charge is 2.28. The Labute approximate surface area is 123 Å². The first-order valence-electron chi connectivity index (χ1n) is 7.02. The van der Waals surface area contributed by atoms with Gasteiger partial charge in [-0.3, -0.25) is 9.59 Å². The summed E-state index contributed by atoms with van der Waals surface area (Å²) in [5.41, 5.74) is 5.88. The van der Waals surface area contributed by atoms with E-state index in [2.05, 4.69) is 15.5 Å². The molecule has 1 aliphatic heterocycles. The van der Waals surface area contributed by atoms with Crippen molar-refractivity contribution in [3.8, 4) is 0 Å². The highest BCUT2D eigenvalue weighted by atomic mass is 16.2. The predicted molar refractivity (Wildman–Crippen MR) is 73.8 cm³/mol. The van der Waals surface area contributed by atoms with Crippen molar-refractivity contribution < 1.29 is 9.59 Å². The third-order valence-electron chi connectivity index (χ3n) is 3.64. The molecule has 0 aliphatic carbocycles. The van der Waals surface area contributed by atoms with E-state index in [0.717, 1.165) is 0 Å². The Hall–Kier alpha value is -2.03. The summed E-state index contributed by atoms with van der Waals surface area (Å²) in [6, 6.07) is -0.478.